The predicted octanol–water partition coefficient (Wildman–Crippen LogP) is 2.34. The van der Waals surface area contributed by atoms with Crippen LogP contribution in [0.15, 0.2) is 36.9 Å². The molecule has 0 nitrogen and oxygen atoms in total. The summed E-state index contributed by atoms with van der Waals surface area (Å²) in [7, 11) is 0. The zero-order valence-corrected chi connectivity index (χ0v) is 9.30. The van der Waals surface area contributed by atoms with Crippen LogP contribution in [0.5, 0.6) is 0 Å². The Labute approximate surface area is 90.6 Å². The van der Waals surface area contributed by atoms with Crippen molar-refractivity contribution in [1.82, 2.24) is 0 Å². The van der Waals surface area contributed by atoms with Gasteiger partial charge in [0.05, 0.1) is 0 Å². The third-order valence-electron chi connectivity index (χ3n) is 1.63. The molecule has 0 amide bonds. The Bertz CT molecular complexity index is 228. The van der Waals surface area contributed by atoms with Crippen molar-refractivity contribution >= 4 is 29.6 Å². The van der Waals surface area contributed by atoms with Gasteiger partial charge >= 0.3 is 0 Å². The van der Waals surface area contributed by atoms with Crippen LogP contribution in [0.2, 0.25) is 0 Å². The number of benzene rings is 1. The molecule has 0 aliphatic heterocycles. The Balaban J connectivity index is 0.000001000. The van der Waals surface area contributed by atoms with Gasteiger partial charge in [0.25, 0.3) is 0 Å². The summed E-state index contributed by atoms with van der Waals surface area (Å²) in [6.07, 6.45) is 2.91. The zero-order valence-electron chi connectivity index (χ0n) is 7.30. The van der Waals surface area contributed by atoms with Gasteiger partial charge < -0.3 is 0 Å². The largest absolute Gasteiger partial charge is 0.103 e. The Hall–Kier alpha value is -0.0400. The topological polar surface area (TPSA) is 0 Å². The minimum Gasteiger partial charge on any atom is -0.103 e. The van der Waals surface area contributed by atoms with Crippen molar-refractivity contribution in [2.24, 2.45) is 0 Å². The molecule has 0 aliphatic rings. The first-order valence-corrected chi connectivity index (χ1v) is 3.50. The summed E-state index contributed by atoms with van der Waals surface area (Å²) < 4.78 is 0. The van der Waals surface area contributed by atoms with Gasteiger partial charge in [0.1, 0.15) is 0 Å². The molecule has 1 heteroatoms. The van der Waals surface area contributed by atoms with Crippen LogP contribution in [0.25, 0.3) is 0 Å². The van der Waals surface area contributed by atoms with Gasteiger partial charge in [0.2, 0.25) is 0 Å². The van der Waals surface area contributed by atoms with Gasteiger partial charge in [-0.2, -0.15) is 0 Å². The molecule has 0 fully saturated rings. The van der Waals surface area contributed by atoms with Gasteiger partial charge in [-0.25, -0.2) is 0 Å². The molecule has 0 bridgehead atoms. The van der Waals surface area contributed by atoms with E-state index in [4.69, 9.17) is 0 Å². The number of allylic oxidation sites excluding steroid dienone is 1. The van der Waals surface area contributed by atoms with E-state index in [1.807, 2.05) is 6.08 Å². The van der Waals surface area contributed by atoms with Crippen molar-refractivity contribution in [2.45, 2.75) is 13.3 Å². The molecule has 11 heavy (non-hydrogen) atoms. The number of rotatable bonds is 2. The molecule has 0 heterocycles. The molecule has 0 atom stereocenters. The second kappa shape index (κ2) is 5.59. The molecule has 0 spiro atoms. The molecular weight excluding hydrogens is 143 g/mol. The van der Waals surface area contributed by atoms with Crippen LogP contribution in [-0.2, 0) is 6.42 Å². The van der Waals surface area contributed by atoms with E-state index in [1.165, 1.54) is 11.1 Å². The summed E-state index contributed by atoms with van der Waals surface area (Å²) in [4.78, 5) is 0. The molecular formula is C10H12Na. The molecule has 1 aromatic rings. The van der Waals surface area contributed by atoms with Crippen molar-refractivity contribution in [3.63, 3.8) is 0 Å². The van der Waals surface area contributed by atoms with Gasteiger partial charge in [0.15, 0.2) is 0 Å². The molecule has 1 radical (unpaired) electrons. The maximum atomic E-state index is 3.70. The first-order chi connectivity index (χ1) is 4.84. The summed E-state index contributed by atoms with van der Waals surface area (Å²) in [5.41, 5.74) is 2.72. The summed E-state index contributed by atoms with van der Waals surface area (Å²) >= 11 is 0. The van der Waals surface area contributed by atoms with E-state index in [-0.39, 0.29) is 29.6 Å². The zero-order chi connectivity index (χ0) is 7.40. The molecule has 0 saturated heterocycles. The monoisotopic (exact) mass is 155 g/mol. The van der Waals surface area contributed by atoms with Gasteiger partial charge in [0, 0.05) is 29.6 Å². The van der Waals surface area contributed by atoms with E-state index in [9.17, 15) is 0 Å². The average molecular weight is 155 g/mol. The van der Waals surface area contributed by atoms with Gasteiger partial charge in [-0.1, -0.05) is 30.3 Å². The van der Waals surface area contributed by atoms with Crippen molar-refractivity contribution in [3.05, 3.63) is 48.0 Å². The van der Waals surface area contributed by atoms with Gasteiger partial charge in [-0.05, 0) is 24.5 Å². The molecule has 53 valence electrons. The average Bonchev–Trinajstić information content (AvgIpc) is 1.94. The van der Waals surface area contributed by atoms with E-state index in [2.05, 4.69) is 37.8 Å². The fourth-order valence-corrected chi connectivity index (χ4v) is 0.995. The van der Waals surface area contributed by atoms with Crippen LogP contribution in [0.3, 0.4) is 0 Å². The van der Waals surface area contributed by atoms with Crippen LogP contribution in [-0.4, -0.2) is 29.6 Å². The third-order valence-corrected chi connectivity index (χ3v) is 1.63. The van der Waals surface area contributed by atoms with Crippen molar-refractivity contribution in [3.8, 4) is 0 Å². The smallest absolute Gasteiger partial charge is 0 e. The Morgan fingerprint density at radius 2 is 2.00 bits per heavy atom. The molecule has 0 N–H and O–H groups in total. The molecule has 0 saturated carbocycles. The van der Waals surface area contributed by atoms with E-state index < -0.39 is 0 Å². The Kier molecular flexibility index (Phi) is 5.57. The number of hydrogen-bond donors (Lipinski definition) is 0. The molecule has 1 rings (SSSR count). The first kappa shape index (κ1) is 11.0. The van der Waals surface area contributed by atoms with Crippen molar-refractivity contribution in [2.75, 3.05) is 0 Å². The Morgan fingerprint density at radius 3 is 2.55 bits per heavy atom. The third kappa shape index (κ3) is 3.24. The maximum Gasteiger partial charge on any atom is 0 e. The van der Waals surface area contributed by atoms with E-state index in [0.29, 0.717) is 0 Å². The van der Waals surface area contributed by atoms with E-state index in [1.54, 1.807) is 0 Å². The summed E-state index contributed by atoms with van der Waals surface area (Å²) in [5.74, 6) is 0. The predicted molar refractivity (Wildman–Crippen MR) is 50.8 cm³/mol. The van der Waals surface area contributed by atoms with Crippen LogP contribution in [0, 0.1) is 6.92 Å². The minimum absolute atomic E-state index is 0. The second-order valence-corrected chi connectivity index (χ2v) is 2.42. The first-order valence-electron chi connectivity index (χ1n) is 3.50. The molecule has 1 aromatic carbocycles. The molecule has 0 aliphatic carbocycles. The van der Waals surface area contributed by atoms with Gasteiger partial charge in [-0.3, -0.25) is 0 Å². The van der Waals surface area contributed by atoms with Crippen LogP contribution < -0.4 is 0 Å². The molecule has 0 unspecified atom stereocenters. The molecule has 0 aromatic heterocycles. The summed E-state index contributed by atoms with van der Waals surface area (Å²) in [5, 5.41) is 0. The number of hydrogen-bond acceptors (Lipinski definition) is 0. The normalized spacial score (nSPS) is 8.45. The Morgan fingerprint density at radius 1 is 1.36 bits per heavy atom. The van der Waals surface area contributed by atoms with Gasteiger partial charge in [-0.15, -0.1) is 6.58 Å². The van der Waals surface area contributed by atoms with Crippen LogP contribution >= 0.6 is 0 Å². The standard InChI is InChI=1S/C10H12.Na/c1-3-6-10-8-5-4-7-9(10)2;/h3-5,7-8H,1,6H2,2H3;. The second-order valence-electron chi connectivity index (χ2n) is 2.42. The SMILES string of the molecule is C=CCc1ccccc1C.[Na]. The van der Waals surface area contributed by atoms with Crippen molar-refractivity contribution < 1.29 is 0 Å². The fourth-order valence-electron chi connectivity index (χ4n) is 0.995. The maximum absolute atomic E-state index is 3.70. The fraction of sp³-hybridized carbons (Fsp3) is 0.200. The summed E-state index contributed by atoms with van der Waals surface area (Å²) in [6, 6.07) is 8.38. The van der Waals surface area contributed by atoms with E-state index >= 15 is 0 Å². The van der Waals surface area contributed by atoms with Crippen molar-refractivity contribution in [1.29, 1.82) is 0 Å². The quantitative estimate of drug-likeness (QED) is 0.454. The van der Waals surface area contributed by atoms with Crippen LogP contribution in [0.1, 0.15) is 11.1 Å². The van der Waals surface area contributed by atoms with E-state index in [0.717, 1.165) is 6.42 Å². The van der Waals surface area contributed by atoms with Crippen LogP contribution in [0.4, 0.5) is 0 Å². The number of aryl methyl sites for hydroxylation is 1. The minimum atomic E-state index is 0. The summed E-state index contributed by atoms with van der Waals surface area (Å²) in [6.45, 7) is 5.82.